The molecule has 0 saturated carbocycles. The van der Waals surface area contributed by atoms with Crippen molar-refractivity contribution in [2.45, 2.75) is 20.8 Å². The summed E-state index contributed by atoms with van der Waals surface area (Å²) < 4.78 is 11.4. The highest BCUT2D eigenvalue weighted by Gasteiger charge is 2.07. The Morgan fingerprint density at radius 3 is 2.33 bits per heavy atom. The van der Waals surface area contributed by atoms with Gasteiger partial charge in [-0.25, -0.2) is 0 Å². The highest BCUT2D eigenvalue weighted by molar-refractivity contribution is 5.96. The number of hydrogen-bond acceptors (Lipinski definition) is 3. The zero-order valence-electron chi connectivity index (χ0n) is 12.7. The summed E-state index contributed by atoms with van der Waals surface area (Å²) in [7, 11) is 0. The Kier molecular flexibility index (Phi) is 4.99. The first kappa shape index (κ1) is 15.1. The minimum absolute atomic E-state index is 0.000969. The largest absolute Gasteiger partial charge is 0.490 e. The predicted octanol–water partition coefficient (Wildman–Crippen LogP) is 3.96. The van der Waals surface area contributed by atoms with E-state index in [0.717, 1.165) is 11.3 Å². The Morgan fingerprint density at radius 2 is 1.62 bits per heavy atom. The van der Waals surface area contributed by atoms with Crippen LogP contribution in [0, 0.1) is 13.8 Å². The van der Waals surface area contributed by atoms with Crippen LogP contribution >= 0.6 is 0 Å². The van der Waals surface area contributed by atoms with E-state index in [1.165, 1.54) is 12.5 Å². The van der Waals surface area contributed by atoms with Crippen LogP contribution in [0.3, 0.4) is 0 Å². The molecule has 2 rings (SSSR count). The van der Waals surface area contributed by atoms with Crippen LogP contribution in [0.4, 0.5) is 0 Å². The minimum Gasteiger partial charge on any atom is -0.490 e. The van der Waals surface area contributed by atoms with Gasteiger partial charge in [0.2, 0.25) is 0 Å². The number of ether oxygens (including phenoxy) is 2. The molecule has 21 heavy (non-hydrogen) atoms. The number of carbonyl (C=O) groups is 1. The molecule has 3 nitrogen and oxygen atoms in total. The van der Waals surface area contributed by atoms with E-state index < -0.39 is 0 Å². The molecule has 0 aliphatic carbocycles. The van der Waals surface area contributed by atoms with Gasteiger partial charge in [0.25, 0.3) is 0 Å². The number of Topliss-reactive ketones (excluding diaryl/α,β-unsaturated/α-hetero) is 1. The van der Waals surface area contributed by atoms with Crippen LogP contribution < -0.4 is 9.47 Å². The highest BCUT2D eigenvalue weighted by Crippen LogP contribution is 2.20. The minimum atomic E-state index is 0.000969. The van der Waals surface area contributed by atoms with Crippen LogP contribution in [0.5, 0.6) is 11.5 Å². The molecule has 0 N–H and O–H groups in total. The summed E-state index contributed by atoms with van der Waals surface area (Å²) in [6, 6.07) is 13.4. The summed E-state index contributed by atoms with van der Waals surface area (Å²) in [5.74, 6) is 1.48. The highest BCUT2D eigenvalue weighted by atomic mass is 16.5. The van der Waals surface area contributed by atoms with Crippen molar-refractivity contribution < 1.29 is 14.3 Å². The summed E-state index contributed by atoms with van der Waals surface area (Å²) in [6.07, 6.45) is 0. The molecule has 2 aromatic carbocycles. The first-order chi connectivity index (χ1) is 10.1. The topological polar surface area (TPSA) is 35.5 Å². The Hall–Kier alpha value is -2.29. The molecule has 0 heterocycles. The van der Waals surface area contributed by atoms with Crippen molar-refractivity contribution >= 4 is 5.78 Å². The molecule has 0 aliphatic rings. The summed E-state index contributed by atoms with van der Waals surface area (Å²) in [4.78, 5) is 11.5. The molecule has 0 saturated heterocycles. The van der Waals surface area contributed by atoms with Crippen LogP contribution in [-0.2, 0) is 0 Å². The van der Waals surface area contributed by atoms with Gasteiger partial charge in [0.05, 0.1) is 5.56 Å². The van der Waals surface area contributed by atoms with E-state index in [-0.39, 0.29) is 5.78 Å². The van der Waals surface area contributed by atoms with E-state index in [1.807, 2.05) is 38.1 Å². The Balaban J connectivity index is 1.91. The molecule has 0 atom stereocenters. The van der Waals surface area contributed by atoms with E-state index in [4.69, 9.17) is 9.47 Å². The van der Waals surface area contributed by atoms with Gasteiger partial charge in [0, 0.05) is 0 Å². The maximum atomic E-state index is 11.5. The lowest BCUT2D eigenvalue weighted by atomic mass is 10.1. The quantitative estimate of drug-likeness (QED) is 0.595. The third-order valence-corrected chi connectivity index (χ3v) is 3.21. The van der Waals surface area contributed by atoms with Crippen LogP contribution in [-0.4, -0.2) is 19.0 Å². The van der Waals surface area contributed by atoms with Crippen molar-refractivity contribution in [3.05, 3.63) is 59.2 Å². The second-order valence-corrected chi connectivity index (χ2v) is 5.02. The molecule has 0 spiro atoms. The van der Waals surface area contributed by atoms with E-state index in [1.54, 1.807) is 12.1 Å². The molecule has 0 aliphatic heterocycles. The molecule has 0 fully saturated rings. The third-order valence-electron chi connectivity index (χ3n) is 3.21. The van der Waals surface area contributed by atoms with E-state index >= 15 is 0 Å². The maximum Gasteiger partial charge on any atom is 0.163 e. The van der Waals surface area contributed by atoms with Gasteiger partial charge in [-0.2, -0.15) is 0 Å². The number of aryl methyl sites for hydroxylation is 2. The molecule has 0 radical (unpaired) electrons. The van der Waals surface area contributed by atoms with Crippen molar-refractivity contribution in [3.8, 4) is 11.5 Å². The predicted molar refractivity (Wildman–Crippen MR) is 83.4 cm³/mol. The molecular weight excluding hydrogens is 264 g/mol. The lowest BCUT2D eigenvalue weighted by molar-refractivity contribution is 0.101. The number of ketones is 1. The van der Waals surface area contributed by atoms with E-state index in [2.05, 4.69) is 6.07 Å². The van der Waals surface area contributed by atoms with Gasteiger partial charge in [0.1, 0.15) is 24.7 Å². The van der Waals surface area contributed by atoms with Crippen molar-refractivity contribution in [1.29, 1.82) is 0 Å². The number of benzene rings is 2. The van der Waals surface area contributed by atoms with Gasteiger partial charge in [-0.15, -0.1) is 0 Å². The van der Waals surface area contributed by atoms with Crippen LogP contribution in [0.15, 0.2) is 42.5 Å². The van der Waals surface area contributed by atoms with Gasteiger partial charge in [-0.05, 0) is 50.1 Å². The molecule has 3 heteroatoms. The van der Waals surface area contributed by atoms with Gasteiger partial charge in [-0.3, -0.25) is 4.79 Å². The van der Waals surface area contributed by atoms with Crippen molar-refractivity contribution in [3.63, 3.8) is 0 Å². The van der Waals surface area contributed by atoms with Gasteiger partial charge in [0.15, 0.2) is 5.78 Å². The first-order valence-corrected chi connectivity index (χ1v) is 7.01. The zero-order chi connectivity index (χ0) is 15.2. The van der Waals surface area contributed by atoms with Crippen LogP contribution in [0.1, 0.15) is 28.4 Å². The average molecular weight is 284 g/mol. The average Bonchev–Trinajstić information content (AvgIpc) is 2.47. The summed E-state index contributed by atoms with van der Waals surface area (Å²) in [6.45, 7) is 6.43. The first-order valence-electron chi connectivity index (χ1n) is 7.01. The normalized spacial score (nSPS) is 10.2. The fourth-order valence-corrected chi connectivity index (χ4v) is 2.05. The van der Waals surface area contributed by atoms with Gasteiger partial charge < -0.3 is 9.47 Å². The van der Waals surface area contributed by atoms with E-state index in [0.29, 0.717) is 24.5 Å². The van der Waals surface area contributed by atoms with Crippen LogP contribution in [0.2, 0.25) is 0 Å². The second-order valence-electron chi connectivity index (χ2n) is 5.02. The Labute approximate surface area is 125 Å². The molecule has 0 bridgehead atoms. The number of hydrogen-bond donors (Lipinski definition) is 0. The molecule has 2 aromatic rings. The monoisotopic (exact) mass is 284 g/mol. The molecule has 0 amide bonds. The van der Waals surface area contributed by atoms with Crippen molar-refractivity contribution in [1.82, 2.24) is 0 Å². The Morgan fingerprint density at radius 1 is 0.952 bits per heavy atom. The molecular formula is C18H20O3. The maximum absolute atomic E-state index is 11.5. The van der Waals surface area contributed by atoms with Crippen molar-refractivity contribution in [2.24, 2.45) is 0 Å². The Bertz CT molecular complexity index is 632. The molecule has 0 unspecified atom stereocenters. The number of para-hydroxylation sites is 1. The van der Waals surface area contributed by atoms with Gasteiger partial charge >= 0.3 is 0 Å². The second kappa shape index (κ2) is 6.93. The molecule has 110 valence electrons. The SMILES string of the molecule is CC(=O)c1ccccc1OCCOc1cc(C)ccc1C. The standard InChI is InChI=1S/C18H20O3/c1-13-8-9-14(2)18(12-13)21-11-10-20-17-7-5-4-6-16(17)15(3)19/h4-9,12H,10-11H2,1-3H3. The fourth-order valence-electron chi connectivity index (χ4n) is 2.05. The fraction of sp³-hybridized carbons (Fsp3) is 0.278. The van der Waals surface area contributed by atoms with E-state index in [9.17, 15) is 4.79 Å². The summed E-state index contributed by atoms with van der Waals surface area (Å²) >= 11 is 0. The van der Waals surface area contributed by atoms with Crippen molar-refractivity contribution in [2.75, 3.05) is 13.2 Å². The zero-order valence-corrected chi connectivity index (χ0v) is 12.7. The summed E-state index contributed by atoms with van der Waals surface area (Å²) in [5, 5.41) is 0. The number of carbonyl (C=O) groups excluding carboxylic acids is 1. The smallest absolute Gasteiger partial charge is 0.163 e. The lowest BCUT2D eigenvalue weighted by Crippen LogP contribution is -2.11. The van der Waals surface area contributed by atoms with Gasteiger partial charge in [-0.1, -0.05) is 24.3 Å². The third kappa shape index (κ3) is 4.09. The molecule has 0 aromatic heterocycles. The lowest BCUT2D eigenvalue weighted by Gasteiger charge is -2.12. The summed E-state index contributed by atoms with van der Waals surface area (Å²) in [5.41, 5.74) is 2.87. The number of rotatable bonds is 6. The van der Waals surface area contributed by atoms with Crippen LogP contribution in [0.25, 0.3) is 0 Å².